The summed E-state index contributed by atoms with van der Waals surface area (Å²) in [6.45, 7) is -1.09. The van der Waals surface area contributed by atoms with E-state index < -0.39 is 18.5 Å². The number of anilines is 1. The Morgan fingerprint density at radius 3 is 2.59 bits per heavy atom. The lowest BCUT2D eigenvalue weighted by atomic mass is 10.2. The van der Waals surface area contributed by atoms with Crippen molar-refractivity contribution in [3.05, 3.63) is 52.0 Å². The van der Waals surface area contributed by atoms with Gasteiger partial charge in [0, 0.05) is 0 Å². The predicted octanol–water partition coefficient (Wildman–Crippen LogP) is 3.53. The van der Waals surface area contributed by atoms with Gasteiger partial charge in [-0.1, -0.05) is 12.1 Å². The van der Waals surface area contributed by atoms with Gasteiger partial charge < -0.3 is 14.8 Å². The van der Waals surface area contributed by atoms with Crippen LogP contribution in [0.2, 0.25) is 0 Å². The molecule has 0 radical (unpaired) electrons. The molecule has 0 bridgehead atoms. The van der Waals surface area contributed by atoms with Crippen LogP contribution in [0.3, 0.4) is 0 Å². The smallest absolute Gasteiger partial charge is 0.387 e. The van der Waals surface area contributed by atoms with Gasteiger partial charge in [0.05, 0.1) is 24.2 Å². The van der Waals surface area contributed by atoms with Crippen LogP contribution in [0.5, 0.6) is 5.75 Å². The van der Waals surface area contributed by atoms with E-state index in [1.807, 2.05) is 6.92 Å². The monoisotopic (exact) mass is 422 g/mol. The number of aromatic nitrogens is 3. The molecule has 1 amide bonds. The zero-order valence-corrected chi connectivity index (χ0v) is 16.2. The minimum Gasteiger partial charge on any atom is -0.465 e. The van der Waals surface area contributed by atoms with Gasteiger partial charge in [-0.05, 0) is 42.1 Å². The molecule has 2 heterocycles. The fraction of sp³-hybridized carbons (Fsp3) is 0.222. The van der Waals surface area contributed by atoms with Crippen LogP contribution < -0.4 is 10.1 Å². The van der Waals surface area contributed by atoms with Crippen molar-refractivity contribution in [1.29, 1.82) is 0 Å². The van der Waals surface area contributed by atoms with Crippen molar-refractivity contribution in [2.45, 2.75) is 20.0 Å². The van der Waals surface area contributed by atoms with Crippen LogP contribution in [0.1, 0.15) is 32.8 Å². The second kappa shape index (κ2) is 8.78. The first-order chi connectivity index (χ1) is 13.9. The van der Waals surface area contributed by atoms with Gasteiger partial charge in [0.1, 0.15) is 10.6 Å². The number of methoxy groups -OCH3 is 1. The summed E-state index contributed by atoms with van der Waals surface area (Å²) in [5, 5.41) is 12.2. The van der Waals surface area contributed by atoms with Crippen molar-refractivity contribution in [1.82, 2.24) is 15.0 Å². The van der Waals surface area contributed by atoms with E-state index in [0.29, 0.717) is 23.5 Å². The molecule has 0 fully saturated rings. The average Bonchev–Trinajstić information content (AvgIpc) is 3.34. The largest absolute Gasteiger partial charge is 0.465 e. The normalized spacial score (nSPS) is 10.8. The molecule has 29 heavy (non-hydrogen) atoms. The molecule has 1 N–H and O–H groups in total. The van der Waals surface area contributed by atoms with Crippen LogP contribution in [-0.2, 0) is 11.2 Å². The Morgan fingerprint density at radius 2 is 1.97 bits per heavy atom. The maximum atomic E-state index is 12.7. The van der Waals surface area contributed by atoms with Gasteiger partial charge in [-0.3, -0.25) is 4.79 Å². The second-order valence-electron chi connectivity index (χ2n) is 5.63. The molecule has 8 nitrogen and oxygen atoms in total. The molecule has 3 rings (SSSR count). The van der Waals surface area contributed by atoms with Crippen LogP contribution in [0, 0.1) is 0 Å². The van der Waals surface area contributed by atoms with E-state index in [1.165, 1.54) is 36.1 Å². The van der Waals surface area contributed by atoms with Crippen molar-refractivity contribution in [2.24, 2.45) is 0 Å². The first-order valence-corrected chi connectivity index (χ1v) is 9.29. The lowest BCUT2D eigenvalue weighted by molar-refractivity contribution is -0.0498. The summed E-state index contributed by atoms with van der Waals surface area (Å²) in [4.78, 5) is 24.7. The number of thiophene rings is 1. The highest BCUT2D eigenvalue weighted by molar-refractivity contribution is 7.12. The number of nitrogens with zero attached hydrogens (tertiary/aromatic N) is 3. The molecule has 2 aromatic heterocycles. The molecule has 1 aromatic carbocycles. The number of benzene rings is 1. The third-order valence-electron chi connectivity index (χ3n) is 3.90. The SMILES string of the molecule is CCc1c(C(=O)Nc2ccsc2C(=O)OC)nnn1-c1ccc(OC(F)F)cc1. The maximum absolute atomic E-state index is 12.7. The molecule has 0 atom stereocenters. The molecule has 11 heteroatoms. The van der Waals surface area contributed by atoms with Crippen molar-refractivity contribution < 1.29 is 27.8 Å². The topological polar surface area (TPSA) is 95.3 Å². The van der Waals surface area contributed by atoms with E-state index in [4.69, 9.17) is 4.74 Å². The summed E-state index contributed by atoms with van der Waals surface area (Å²) in [5.41, 5.74) is 1.44. The fourth-order valence-electron chi connectivity index (χ4n) is 2.61. The first-order valence-electron chi connectivity index (χ1n) is 8.41. The molecular formula is C18H16F2N4O4S. The highest BCUT2D eigenvalue weighted by Gasteiger charge is 2.22. The van der Waals surface area contributed by atoms with Gasteiger partial charge in [0.15, 0.2) is 5.69 Å². The number of amides is 1. The number of rotatable bonds is 7. The molecule has 0 aliphatic heterocycles. The second-order valence-corrected chi connectivity index (χ2v) is 6.55. The maximum Gasteiger partial charge on any atom is 0.387 e. The summed E-state index contributed by atoms with van der Waals surface area (Å²) in [7, 11) is 1.26. The molecule has 0 aliphatic carbocycles. The molecule has 0 unspecified atom stereocenters. The standard InChI is InChI=1S/C18H16F2N4O4S/c1-3-13-14(16(25)21-12-8-9-29-15(12)17(26)27-2)22-23-24(13)10-4-6-11(7-5-10)28-18(19)20/h4-9,18H,3H2,1-2H3,(H,21,25). The highest BCUT2D eigenvalue weighted by Crippen LogP contribution is 2.24. The van der Waals surface area contributed by atoms with E-state index in [1.54, 1.807) is 11.4 Å². The summed E-state index contributed by atoms with van der Waals surface area (Å²) in [5.74, 6) is -1.08. The van der Waals surface area contributed by atoms with Gasteiger partial charge in [0.2, 0.25) is 0 Å². The van der Waals surface area contributed by atoms with Crippen molar-refractivity contribution in [2.75, 3.05) is 12.4 Å². The number of hydrogen-bond donors (Lipinski definition) is 1. The van der Waals surface area contributed by atoms with E-state index in [9.17, 15) is 18.4 Å². The molecule has 152 valence electrons. The van der Waals surface area contributed by atoms with Crippen molar-refractivity contribution in [3.8, 4) is 11.4 Å². The van der Waals surface area contributed by atoms with E-state index in [-0.39, 0.29) is 16.3 Å². The Hall–Kier alpha value is -3.34. The predicted molar refractivity (Wildman–Crippen MR) is 101 cm³/mol. The molecule has 0 aliphatic rings. The van der Waals surface area contributed by atoms with Crippen LogP contribution in [0.25, 0.3) is 5.69 Å². The van der Waals surface area contributed by atoms with E-state index >= 15 is 0 Å². The number of hydrogen-bond acceptors (Lipinski definition) is 7. The first kappa shape index (κ1) is 20.4. The summed E-state index contributed by atoms with van der Waals surface area (Å²) < 4.78 is 35.0. The zero-order valence-electron chi connectivity index (χ0n) is 15.4. The number of carbonyl (C=O) groups is 2. The van der Waals surface area contributed by atoms with E-state index in [0.717, 1.165) is 11.3 Å². The number of halogens is 2. The molecular weight excluding hydrogens is 406 g/mol. The number of alkyl halides is 2. The van der Waals surface area contributed by atoms with Gasteiger partial charge in [-0.15, -0.1) is 16.4 Å². The molecule has 0 saturated heterocycles. The third kappa shape index (κ3) is 4.40. The summed E-state index contributed by atoms with van der Waals surface area (Å²) in [6, 6.07) is 7.39. The van der Waals surface area contributed by atoms with Crippen LogP contribution >= 0.6 is 11.3 Å². The zero-order chi connectivity index (χ0) is 21.0. The summed E-state index contributed by atoms with van der Waals surface area (Å²) in [6.07, 6.45) is 0.429. The average molecular weight is 422 g/mol. The number of nitrogens with one attached hydrogen (secondary N) is 1. The highest BCUT2D eigenvalue weighted by atomic mass is 32.1. The van der Waals surface area contributed by atoms with Crippen molar-refractivity contribution in [3.63, 3.8) is 0 Å². The molecule has 0 saturated carbocycles. The van der Waals surface area contributed by atoms with Gasteiger partial charge in [-0.25, -0.2) is 9.48 Å². The number of carbonyl (C=O) groups excluding carboxylic acids is 2. The van der Waals surface area contributed by atoms with Crippen LogP contribution in [0.15, 0.2) is 35.7 Å². The van der Waals surface area contributed by atoms with Gasteiger partial charge in [0.25, 0.3) is 5.91 Å². The Balaban J connectivity index is 1.85. The van der Waals surface area contributed by atoms with Crippen LogP contribution in [-0.4, -0.2) is 40.6 Å². The Bertz CT molecular complexity index is 1020. The van der Waals surface area contributed by atoms with Gasteiger partial charge >= 0.3 is 12.6 Å². The number of esters is 1. The Morgan fingerprint density at radius 1 is 1.24 bits per heavy atom. The van der Waals surface area contributed by atoms with Gasteiger partial charge in [-0.2, -0.15) is 8.78 Å². The van der Waals surface area contributed by atoms with Crippen molar-refractivity contribution >= 4 is 28.9 Å². The lowest BCUT2D eigenvalue weighted by Crippen LogP contribution is -2.16. The Labute approximate surface area is 168 Å². The molecule has 3 aromatic rings. The fourth-order valence-corrected chi connectivity index (χ4v) is 3.38. The number of ether oxygens (including phenoxy) is 2. The Kier molecular flexibility index (Phi) is 6.17. The minimum atomic E-state index is -2.92. The third-order valence-corrected chi connectivity index (χ3v) is 4.80. The quantitative estimate of drug-likeness (QED) is 0.586. The summed E-state index contributed by atoms with van der Waals surface area (Å²) >= 11 is 1.14. The lowest BCUT2D eigenvalue weighted by Gasteiger charge is -2.08. The molecule has 0 spiro atoms. The minimum absolute atomic E-state index is 0.00711. The van der Waals surface area contributed by atoms with Crippen LogP contribution in [0.4, 0.5) is 14.5 Å². The van der Waals surface area contributed by atoms with E-state index in [2.05, 4.69) is 20.4 Å².